The van der Waals surface area contributed by atoms with Crippen molar-refractivity contribution in [2.45, 2.75) is 12.8 Å². The van der Waals surface area contributed by atoms with Crippen molar-refractivity contribution in [2.75, 3.05) is 7.11 Å². The number of carbonyl (C=O) groups excluding carboxylic acids is 2. The number of imide groups is 1. The molecule has 0 unspecified atom stereocenters. The van der Waals surface area contributed by atoms with Crippen LogP contribution in [0.5, 0.6) is 5.75 Å². The first kappa shape index (κ1) is 15.4. The zero-order valence-electron chi connectivity index (χ0n) is 13.8. The van der Waals surface area contributed by atoms with Gasteiger partial charge in [0.2, 0.25) is 0 Å². The molecule has 0 radical (unpaired) electrons. The number of ether oxygens (including phenoxy) is 1. The van der Waals surface area contributed by atoms with E-state index >= 15 is 0 Å². The van der Waals surface area contributed by atoms with Gasteiger partial charge in [0.15, 0.2) is 0 Å². The number of rotatable bonds is 4. The fourth-order valence-corrected chi connectivity index (χ4v) is 3.43. The van der Waals surface area contributed by atoms with Gasteiger partial charge in [0.05, 0.1) is 18.2 Å². The van der Waals surface area contributed by atoms with E-state index in [1.54, 1.807) is 13.2 Å². The predicted molar refractivity (Wildman–Crippen MR) is 96.1 cm³/mol. The summed E-state index contributed by atoms with van der Waals surface area (Å²) in [4.78, 5) is 23.9. The molecule has 0 bridgehead atoms. The molecule has 2 amide bonds. The molecule has 1 heterocycles. The third-order valence-corrected chi connectivity index (χ3v) is 4.69. The summed E-state index contributed by atoms with van der Waals surface area (Å²) in [6.07, 6.45) is 1.47. The first-order chi connectivity index (χ1) is 12.2. The summed E-state index contributed by atoms with van der Waals surface area (Å²) in [5.74, 6) is 0.220. The number of amides is 2. The molecule has 124 valence electrons. The van der Waals surface area contributed by atoms with Gasteiger partial charge in [-0.3, -0.25) is 14.9 Å². The molecule has 0 spiro atoms. The normalized spacial score (nSPS) is 13.0. The van der Waals surface area contributed by atoms with E-state index in [9.17, 15) is 9.59 Å². The number of carbonyl (C=O) groups is 2. The summed E-state index contributed by atoms with van der Waals surface area (Å²) in [5.41, 5.74) is 3.09. The Labute approximate surface area is 145 Å². The Morgan fingerprint density at radius 1 is 0.880 bits per heavy atom. The molecule has 0 fully saturated rings. The smallest absolute Gasteiger partial charge is 0.259 e. The van der Waals surface area contributed by atoms with Crippen LogP contribution in [0.2, 0.25) is 0 Å². The molecule has 3 aromatic rings. The van der Waals surface area contributed by atoms with Crippen LogP contribution in [0.4, 0.5) is 0 Å². The highest BCUT2D eigenvalue weighted by Gasteiger charge is 2.28. The lowest BCUT2D eigenvalue weighted by atomic mass is 9.94. The molecule has 4 heteroatoms. The average molecular weight is 331 g/mol. The third kappa shape index (κ3) is 2.66. The van der Waals surface area contributed by atoms with Crippen molar-refractivity contribution in [3.05, 3.63) is 76.9 Å². The fourth-order valence-electron chi connectivity index (χ4n) is 3.43. The minimum absolute atomic E-state index is 0.296. The molecule has 4 rings (SSSR count). The molecule has 4 nitrogen and oxygen atoms in total. The van der Waals surface area contributed by atoms with Gasteiger partial charge in [-0.15, -0.1) is 0 Å². The highest BCUT2D eigenvalue weighted by Crippen LogP contribution is 2.26. The van der Waals surface area contributed by atoms with E-state index in [4.69, 9.17) is 4.74 Å². The van der Waals surface area contributed by atoms with Crippen molar-refractivity contribution in [3.8, 4) is 5.75 Å². The maximum absolute atomic E-state index is 12.1. The lowest BCUT2D eigenvalue weighted by molar-refractivity contribution is 0.0879. The number of nitrogens with one attached hydrogen (secondary N) is 1. The van der Waals surface area contributed by atoms with E-state index in [1.807, 2.05) is 36.4 Å². The zero-order valence-corrected chi connectivity index (χ0v) is 13.8. The van der Waals surface area contributed by atoms with Gasteiger partial charge < -0.3 is 4.74 Å². The van der Waals surface area contributed by atoms with Crippen LogP contribution < -0.4 is 10.1 Å². The largest absolute Gasteiger partial charge is 0.497 e. The first-order valence-electron chi connectivity index (χ1n) is 8.20. The van der Waals surface area contributed by atoms with E-state index in [0.717, 1.165) is 28.5 Å². The third-order valence-electron chi connectivity index (χ3n) is 4.69. The van der Waals surface area contributed by atoms with Crippen molar-refractivity contribution in [1.29, 1.82) is 0 Å². The molecule has 1 N–H and O–H groups in total. The van der Waals surface area contributed by atoms with E-state index < -0.39 is 0 Å². The second kappa shape index (κ2) is 6.06. The minimum atomic E-state index is -0.309. The number of hydrogen-bond donors (Lipinski definition) is 1. The molecule has 1 aliphatic rings. The van der Waals surface area contributed by atoms with Gasteiger partial charge in [-0.05, 0) is 52.9 Å². The molecule has 0 atom stereocenters. The Bertz CT molecular complexity index is 1010. The number of benzene rings is 3. The monoisotopic (exact) mass is 331 g/mol. The SMILES string of the molecule is COc1ccc2cccc(CCc3cccc4c3C(=O)NC4=O)c2c1. The zero-order chi connectivity index (χ0) is 17.4. The maximum Gasteiger partial charge on any atom is 0.259 e. The van der Waals surface area contributed by atoms with Crippen LogP contribution in [0.25, 0.3) is 10.8 Å². The summed E-state index contributed by atoms with van der Waals surface area (Å²) in [7, 11) is 1.66. The number of methoxy groups -OCH3 is 1. The molecule has 25 heavy (non-hydrogen) atoms. The van der Waals surface area contributed by atoms with Crippen LogP contribution >= 0.6 is 0 Å². The molecule has 0 aromatic heterocycles. The second-order valence-corrected chi connectivity index (χ2v) is 6.13. The highest BCUT2D eigenvalue weighted by molar-refractivity contribution is 6.22. The van der Waals surface area contributed by atoms with Gasteiger partial charge in [0, 0.05) is 0 Å². The summed E-state index contributed by atoms with van der Waals surface area (Å²) in [5, 5.41) is 4.68. The first-order valence-corrected chi connectivity index (χ1v) is 8.20. The number of fused-ring (bicyclic) bond motifs is 2. The molecule has 0 saturated heterocycles. The molecular weight excluding hydrogens is 314 g/mol. The second-order valence-electron chi connectivity index (χ2n) is 6.13. The Hall–Kier alpha value is -3.14. The summed E-state index contributed by atoms with van der Waals surface area (Å²) >= 11 is 0. The van der Waals surface area contributed by atoms with Crippen molar-refractivity contribution < 1.29 is 14.3 Å². The Morgan fingerprint density at radius 2 is 1.64 bits per heavy atom. The lowest BCUT2D eigenvalue weighted by Gasteiger charge is -2.10. The minimum Gasteiger partial charge on any atom is -0.497 e. The van der Waals surface area contributed by atoms with Gasteiger partial charge in [-0.2, -0.15) is 0 Å². The Balaban J connectivity index is 1.68. The predicted octanol–water partition coefficient (Wildman–Crippen LogP) is 3.52. The van der Waals surface area contributed by atoms with Crippen LogP contribution in [0.3, 0.4) is 0 Å². The standard InChI is InChI=1S/C21H17NO3/c1-25-16-11-10-14-5-2-4-13(18(14)12-16)8-9-15-6-3-7-17-19(15)21(24)22-20(17)23/h2-7,10-12H,8-9H2,1H3,(H,22,23,24). The van der Waals surface area contributed by atoms with Crippen LogP contribution in [0.15, 0.2) is 54.6 Å². The van der Waals surface area contributed by atoms with Gasteiger partial charge >= 0.3 is 0 Å². The van der Waals surface area contributed by atoms with Crippen LogP contribution in [0.1, 0.15) is 31.8 Å². The summed E-state index contributed by atoms with van der Waals surface area (Å²) in [6.45, 7) is 0. The molecule has 0 saturated carbocycles. The van der Waals surface area contributed by atoms with E-state index in [-0.39, 0.29) is 11.8 Å². The fraction of sp³-hybridized carbons (Fsp3) is 0.143. The maximum atomic E-state index is 12.1. The van der Waals surface area contributed by atoms with E-state index in [0.29, 0.717) is 17.5 Å². The molecule has 1 aliphatic heterocycles. The van der Waals surface area contributed by atoms with Gasteiger partial charge in [-0.25, -0.2) is 0 Å². The van der Waals surface area contributed by atoms with Gasteiger partial charge in [0.1, 0.15) is 5.75 Å². The van der Waals surface area contributed by atoms with Crippen molar-refractivity contribution in [3.63, 3.8) is 0 Å². The topological polar surface area (TPSA) is 55.4 Å². The van der Waals surface area contributed by atoms with E-state index in [2.05, 4.69) is 17.4 Å². The lowest BCUT2D eigenvalue weighted by Crippen LogP contribution is -2.20. The Kier molecular flexibility index (Phi) is 3.73. The van der Waals surface area contributed by atoms with E-state index in [1.165, 1.54) is 5.56 Å². The van der Waals surface area contributed by atoms with Crippen LogP contribution in [-0.4, -0.2) is 18.9 Å². The van der Waals surface area contributed by atoms with Crippen LogP contribution in [-0.2, 0) is 12.8 Å². The molecular formula is C21H17NO3. The molecule has 0 aliphatic carbocycles. The number of aryl methyl sites for hydroxylation is 2. The quantitative estimate of drug-likeness (QED) is 0.744. The molecule has 3 aromatic carbocycles. The van der Waals surface area contributed by atoms with Crippen molar-refractivity contribution in [2.24, 2.45) is 0 Å². The number of hydrogen-bond acceptors (Lipinski definition) is 3. The van der Waals surface area contributed by atoms with Crippen LogP contribution in [0, 0.1) is 0 Å². The Morgan fingerprint density at radius 3 is 2.48 bits per heavy atom. The summed E-state index contributed by atoms with van der Waals surface area (Å²) < 4.78 is 5.34. The average Bonchev–Trinajstić information content (AvgIpc) is 2.94. The van der Waals surface area contributed by atoms with Gasteiger partial charge in [0.25, 0.3) is 11.8 Å². The highest BCUT2D eigenvalue weighted by atomic mass is 16.5. The van der Waals surface area contributed by atoms with Crippen molar-refractivity contribution in [1.82, 2.24) is 5.32 Å². The van der Waals surface area contributed by atoms with Crippen molar-refractivity contribution >= 4 is 22.6 Å². The summed E-state index contributed by atoms with van der Waals surface area (Å²) in [6, 6.07) is 17.7. The van der Waals surface area contributed by atoms with Gasteiger partial charge in [-0.1, -0.05) is 36.4 Å².